The Hall–Kier alpha value is -2.32. The molecule has 1 saturated heterocycles. The van der Waals surface area contributed by atoms with Crippen LogP contribution in [0.25, 0.3) is 10.8 Å². The molecule has 0 saturated carbocycles. The van der Waals surface area contributed by atoms with E-state index < -0.39 is 7.60 Å². The van der Waals surface area contributed by atoms with Gasteiger partial charge in [-0.15, -0.1) is 24.8 Å². The highest BCUT2D eigenvalue weighted by Gasteiger charge is 2.28. The standard InChI is InChI=1S/C27H34N3O5P.2ClH/c1-3-33-36(31,23-10-6-20-7-11-24(27(28)29)26(32-2)25(20)18-23)34-17-14-19-4-8-21(9-5-19)35-22-12-15-30-16-13-22;;/h4-11,18,22,30H,3,12-17H2,1-2H3,(H3,28,29);2*1H. The number of fused-ring (bicyclic) bond motifs is 1. The number of nitrogen functional groups attached to an aromatic ring is 1. The van der Waals surface area contributed by atoms with Crippen LogP contribution < -0.4 is 25.8 Å². The summed E-state index contributed by atoms with van der Waals surface area (Å²) in [5, 5.41) is 13.2. The number of hydrogen-bond acceptors (Lipinski definition) is 7. The zero-order valence-corrected chi connectivity index (χ0v) is 24.1. The molecule has 3 aromatic rings. The lowest BCUT2D eigenvalue weighted by Crippen LogP contribution is -2.34. The molecule has 11 heteroatoms. The molecule has 0 aliphatic carbocycles. The van der Waals surface area contributed by atoms with E-state index in [-0.39, 0.29) is 50.0 Å². The fraction of sp³-hybridized carbons (Fsp3) is 0.370. The molecular weight excluding hydrogens is 548 g/mol. The van der Waals surface area contributed by atoms with Gasteiger partial charge in [-0.2, -0.15) is 0 Å². The third-order valence-corrected chi connectivity index (χ3v) is 8.26. The zero-order chi connectivity index (χ0) is 25.5. The van der Waals surface area contributed by atoms with E-state index in [1.54, 1.807) is 25.1 Å². The summed E-state index contributed by atoms with van der Waals surface area (Å²) in [6, 6.07) is 16.9. The van der Waals surface area contributed by atoms with Gasteiger partial charge in [0.2, 0.25) is 0 Å². The van der Waals surface area contributed by atoms with Gasteiger partial charge in [0.1, 0.15) is 23.4 Å². The topological polar surface area (TPSA) is 116 Å². The van der Waals surface area contributed by atoms with E-state index in [0.717, 1.165) is 42.6 Å². The van der Waals surface area contributed by atoms with Crippen LogP contribution in [0.1, 0.15) is 30.9 Å². The molecule has 8 nitrogen and oxygen atoms in total. The number of rotatable bonds is 11. The minimum atomic E-state index is -3.59. The summed E-state index contributed by atoms with van der Waals surface area (Å²) in [4.78, 5) is 0. The molecule has 0 radical (unpaired) electrons. The van der Waals surface area contributed by atoms with Gasteiger partial charge >= 0.3 is 7.60 Å². The Morgan fingerprint density at radius 2 is 1.74 bits per heavy atom. The fourth-order valence-corrected chi connectivity index (χ4v) is 5.95. The Balaban J connectivity index is 0.00000253. The molecule has 0 aromatic heterocycles. The third kappa shape index (κ3) is 7.63. The summed E-state index contributed by atoms with van der Waals surface area (Å²) >= 11 is 0. The lowest BCUT2D eigenvalue weighted by atomic mass is 10.0. The van der Waals surface area contributed by atoms with Crippen LogP contribution in [0.4, 0.5) is 0 Å². The van der Waals surface area contributed by atoms with Crippen molar-refractivity contribution in [2.24, 2.45) is 5.73 Å². The van der Waals surface area contributed by atoms with Gasteiger partial charge in [0.15, 0.2) is 0 Å². The van der Waals surface area contributed by atoms with Gasteiger partial charge in [0.25, 0.3) is 0 Å². The van der Waals surface area contributed by atoms with Crippen LogP contribution in [0.5, 0.6) is 11.5 Å². The van der Waals surface area contributed by atoms with E-state index in [4.69, 9.17) is 29.7 Å². The molecule has 1 unspecified atom stereocenters. The Bertz CT molecular complexity index is 1250. The normalized spacial score (nSPS) is 15.1. The van der Waals surface area contributed by atoms with Gasteiger partial charge in [-0.05, 0) is 80.6 Å². The first-order valence-corrected chi connectivity index (χ1v) is 13.8. The summed E-state index contributed by atoms with van der Waals surface area (Å²) in [5.41, 5.74) is 7.25. The number of halogens is 2. The highest BCUT2D eigenvalue weighted by Crippen LogP contribution is 2.48. The molecule has 4 rings (SSSR count). The molecule has 1 aliphatic heterocycles. The predicted octanol–water partition coefficient (Wildman–Crippen LogP) is 5.22. The SMILES string of the molecule is CCOP(=O)(OCCc1ccc(OC2CCNCC2)cc1)c1ccc2ccc(C(=N)N)c(OC)c2c1.Cl.Cl. The highest BCUT2D eigenvalue weighted by atomic mass is 35.5. The second-order valence-corrected chi connectivity index (χ2v) is 10.7. The van der Waals surface area contributed by atoms with Crippen molar-refractivity contribution in [3.05, 3.63) is 65.7 Å². The lowest BCUT2D eigenvalue weighted by Gasteiger charge is -2.23. The van der Waals surface area contributed by atoms with E-state index in [1.807, 2.05) is 36.4 Å². The van der Waals surface area contributed by atoms with Crippen LogP contribution in [0.3, 0.4) is 0 Å². The van der Waals surface area contributed by atoms with E-state index in [1.165, 1.54) is 7.11 Å². The number of amidine groups is 1. The van der Waals surface area contributed by atoms with Crippen molar-refractivity contribution in [2.45, 2.75) is 32.3 Å². The second-order valence-electron chi connectivity index (χ2n) is 8.68. The van der Waals surface area contributed by atoms with Crippen molar-refractivity contribution in [3.63, 3.8) is 0 Å². The first-order chi connectivity index (χ1) is 17.4. The van der Waals surface area contributed by atoms with Gasteiger partial charge in [0.05, 0.1) is 31.2 Å². The number of methoxy groups -OCH3 is 1. The van der Waals surface area contributed by atoms with Crippen molar-refractivity contribution in [1.82, 2.24) is 5.32 Å². The summed E-state index contributed by atoms with van der Waals surface area (Å²) in [7, 11) is -2.06. The Labute approximate surface area is 236 Å². The van der Waals surface area contributed by atoms with Crippen LogP contribution in [-0.4, -0.2) is 45.4 Å². The first kappa shape index (κ1) is 31.9. The monoisotopic (exact) mass is 583 g/mol. The number of ether oxygens (including phenoxy) is 2. The smallest absolute Gasteiger partial charge is 0.361 e. The number of benzene rings is 3. The summed E-state index contributed by atoms with van der Waals surface area (Å²) in [5.74, 6) is 1.22. The van der Waals surface area contributed by atoms with Crippen molar-refractivity contribution in [3.8, 4) is 11.5 Å². The zero-order valence-electron chi connectivity index (χ0n) is 21.6. The lowest BCUT2D eigenvalue weighted by molar-refractivity contribution is 0.162. The predicted molar refractivity (Wildman–Crippen MR) is 157 cm³/mol. The van der Waals surface area contributed by atoms with E-state index in [9.17, 15) is 4.57 Å². The van der Waals surface area contributed by atoms with Crippen molar-refractivity contribution >= 4 is 54.3 Å². The molecule has 3 aromatic carbocycles. The molecule has 0 bridgehead atoms. The van der Waals surface area contributed by atoms with Crippen LogP contribution in [0, 0.1) is 5.41 Å². The number of piperidine rings is 1. The first-order valence-electron chi connectivity index (χ1n) is 12.2. The Kier molecular flexibility index (Phi) is 12.4. The minimum absolute atomic E-state index is 0. The molecular formula is C27H36Cl2N3O5P. The second kappa shape index (κ2) is 14.7. The van der Waals surface area contributed by atoms with Crippen LogP contribution >= 0.6 is 32.4 Å². The third-order valence-electron chi connectivity index (χ3n) is 6.23. The van der Waals surface area contributed by atoms with Crippen molar-refractivity contribution < 1.29 is 23.1 Å². The fourth-order valence-electron chi connectivity index (χ4n) is 4.36. The highest BCUT2D eigenvalue weighted by molar-refractivity contribution is 7.62. The number of nitrogens with one attached hydrogen (secondary N) is 2. The molecule has 38 heavy (non-hydrogen) atoms. The van der Waals surface area contributed by atoms with Gasteiger partial charge in [-0.1, -0.05) is 24.3 Å². The molecule has 4 N–H and O–H groups in total. The summed E-state index contributed by atoms with van der Waals surface area (Å²) in [6.45, 7) is 4.23. The molecule has 208 valence electrons. The van der Waals surface area contributed by atoms with Crippen LogP contribution in [-0.2, 0) is 20.0 Å². The molecule has 0 amide bonds. The van der Waals surface area contributed by atoms with Gasteiger partial charge < -0.3 is 29.6 Å². The molecule has 1 atom stereocenters. The molecule has 1 aliphatic rings. The maximum Gasteiger partial charge on any atom is 0.361 e. The Morgan fingerprint density at radius 3 is 2.37 bits per heavy atom. The van der Waals surface area contributed by atoms with Crippen molar-refractivity contribution in [2.75, 3.05) is 33.4 Å². The van der Waals surface area contributed by atoms with Crippen LogP contribution in [0.15, 0.2) is 54.6 Å². The number of nitrogens with two attached hydrogens (primary N) is 1. The number of hydrogen-bond donors (Lipinski definition) is 3. The summed E-state index contributed by atoms with van der Waals surface area (Å²) < 4.78 is 36.9. The quantitative estimate of drug-likeness (QED) is 0.161. The van der Waals surface area contributed by atoms with Crippen LogP contribution in [0.2, 0.25) is 0 Å². The maximum absolute atomic E-state index is 13.8. The molecule has 1 fully saturated rings. The molecule has 0 spiro atoms. The largest absolute Gasteiger partial charge is 0.495 e. The average molecular weight is 584 g/mol. The molecule has 1 heterocycles. The minimum Gasteiger partial charge on any atom is -0.495 e. The average Bonchev–Trinajstić information content (AvgIpc) is 2.89. The van der Waals surface area contributed by atoms with E-state index >= 15 is 0 Å². The van der Waals surface area contributed by atoms with E-state index in [2.05, 4.69) is 5.32 Å². The van der Waals surface area contributed by atoms with Gasteiger partial charge in [-0.3, -0.25) is 9.97 Å². The Morgan fingerprint density at radius 1 is 1.05 bits per heavy atom. The summed E-state index contributed by atoms with van der Waals surface area (Å²) in [6.07, 6.45) is 2.86. The van der Waals surface area contributed by atoms with Gasteiger partial charge in [-0.25, -0.2) is 0 Å². The van der Waals surface area contributed by atoms with Gasteiger partial charge in [0, 0.05) is 5.39 Å². The maximum atomic E-state index is 13.8. The van der Waals surface area contributed by atoms with Crippen molar-refractivity contribution in [1.29, 1.82) is 5.41 Å². The van der Waals surface area contributed by atoms with E-state index in [0.29, 0.717) is 28.4 Å².